The maximum Gasteiger partial charge on any atom is 0.196 e. The van der Waals surface area contributed by atoms with Crippen molar-refractivity contribution in [1.82, 2.24) is 0 Å². The lowest BCUT2D eigenvalue weighted by Crippen LogP contribution is -2.62. The van der Waals surface area contributed by atoms with Gasteiger partial charge < -0.3 is 23.7 Å². The Morgan fingerprint density at radius 3 is 2.14 bits per heavy atom. The molecular weight excluding hydrogens is 486 g/mol. The summed E-state index contributed by atoms with van der Waals surface area (Å²) in [5, 5.41) is 15.2. The van der Waals surface area contributed by atoms with Crippen molar-refractivity contribution >= 4 is 8.32 Å². The summed E-state index contributed by atoms with van der Waals surface area (Å²) in [5.41, 5.74) is 11.4. The van der Waals surface area contributed by atoms with E-state index in [-0.39, 0.29) is 18.3 Å². The molecule has 0 saturated carbocycles. The number of nitrogens with zero attached hydrogens (tertiary/aromatic N) is 3. The third kappa shape index (κ3) is 7.42. The first kappa shape index (κ1) is 29.3. The fourth-order valence-corrected chi connectivity index (χ4v) is 6.76. The lowest BCUT2D eigenvalue weighted by molar-refractivity contribution is -0.257. The Kier molecular flexibility index (Phi) is 10.3. The lowest BCUT2D eigenvalue weighted by atomic mass is 9.97. The van der Waals surface area contributed by atoms with E-state index in [0.717, 1.165) is 11.1 Å². The topological polar surface area (TPSA) is 106 Å². The second-order valence-electron chi connectivity index (χ2n) is 11.0. The molecule has 3 rings (SSSR count). The quantitative estimate of drug-likeness (QED) is 0.153. The third-order valence-electron chi connectivity index (χ3n) is 7.91. The molecule has 2 aromatic rings. The Morgan fingerprint density at radius 1 is 1.03 bits per heavy atom. The molecule has 1 aliphatic rings. The molecule has 1 N–H and O–H groups in total. The van der Waals surface area contributed by atoms with Gasteiger partial charge in [-0.2, -0.15) is 0 Å². The monoisotopic (exact) mass is 527 g/mol. The van der Waals surface area contributed by atoms with Crippen LogP contribution < -0.4 is 0 Å². The number of aliphatic hydroxyl groups excluding tert-OH is 1. The highest BCUT2D eigenvalue weighted by molar-refractivity contribution is 6.74. The molecule has 1 fully saturated rings. The van der Waals surface area contributed by atoms with Gasteiger partial charge in [-0.25, -0.2) is 0 Å². The number of hydrogen-bond donors (Lipinski definition) is 1. The molecule has 1 aliphatic heterocycles. The fraction of sp³-hybridized carbons (Fsp3) is 0.571. The second kappa shape index (κ2) is 13.0. The molecular formula is C28H41N3O5Si. The molecule has 1 heterocycles. The minimum absolute atomic E-state index is 0.0902. The maximum absolute atomic E-state index is 11.3. The van der Waals surface area contributed by atoms with Gasteiger partial charge in [0.05, 0.1) is 25.9 Å². The van der Waals surface area contributed by atoms with Crippen molar-refractivity contribution in [2.75, 3.05) is 6.61 Å². The molecule has 9 heteroatoms. The summed E-state index contributed by atoms with van der Waals surface area (Å²) in [6.45, 7) is 13.8. The Morgan fingerprint density at radius 2 is 1.59 bits per heavy atom. The summed E-state index contributed by atoms with van der Waals surface area (Å²) < 4.78 is 25.1. The van der Waals surface area contributed by atoms with Crippen LogP contribution in [0.4, 0.5) is 0 Å². The summed E-state index contributed by atoms with van der Waals surface area (Å²) in [4.78, 5) is 3.06. The van der Waals surface area contributed by atoms with E-state index in [0.29, 0.717) is 12.5 Å². The number of hydrogen-bond acceptors (Lipinski definition) is 6. The molecule has 2 aromatic carbocycles. The van der Waals surface area contributed by atoms with Crippen molar-refractivity contribution in [3.8, 4) is 0 Å². The average Bonchev–Trinajstić information content (AvgIpc) is 2.87. The van der Waals surface area contributed by atoms with Gasteiger partial charge in [0, 0.05) is 4.91 Å². The first-order valence-corrected chi connectivity index (χ1v) is 15.8. The largest absolute Gasteiger partial charge is 0.392 e. The van der Waals surface area contributed by atoms with Crippen LogP contribution in [-0.2, 0) is 31.9 Å². The van der Waals surface area contributed by atoms with E-state index in [1.54, 1.807) is 0 Å². The summed E-state index contributed by atoms with van der Waals surface area (Å²) in [7, 11) is -2.39. The number of aliphatic hydroxyl groups is 1. The van der Waals surface area contributed by atoms with E-state index in [2.05, 4.69) is 50.8 Å². The smallest absolute Gasteiger partial charge is 0.196 e. The van der Waals surface area contributed by atoms with Crippen molar-refractivity contribution < 1.29 is 23.7 Å². The highest BCUT2D eigenvalue weighted by Crippen LogP contribution is 2.46. The van der Waals surface area contributed by atoms with Gasteiger partial charge in [0.25, 0.3) is 0 Å². The molecule has 8 nitrogen and oxygen atoms in total. The molecule has 1 saturated heterocycles. The van der Waals surface area contributed by atoms with Crippen molar-refractivity contribution in [3.63, 3.8) is 0 Å². The predicted octanol–water partition coefficient (Wildman–Crippen LogP) is 6.21. The van der Waals surface area contributed by atoms with Crippen LogP contribution in [0, 0.1) is 5.92 Å². The maximum atomic E-state index is 11.3. The fourth-order valence-electron chi connectivity index (χ4n) is 4.29. The number of benzene rings is 2. The van der Waals surface area contributed by atoms with Crippen LogP contribution in [0.25, 0.3) is 10.4 Å². The van der Waals surface area contributed by atoms with E-state index in [1.807, 2.05) is 60.7 Å². The van der Waals surface area contributed by atoms with Crippen LogP contribution in [0.3, 0.4) is 0 Å². The van der Waals surface area contributed by atoms with Gasteiger partial charge in [-0.3, -0.25) is 0 Å². The van der Waals surface area contributed by atoms with Gasteiger partial charge in [0.15, 0.2) is 14.6 Å². The van der Waals surface area contributed by atoms with E-state index < -0.39 is 39.0 Å². The number of azide groups is 1. The SMILES string of the molecule is CC(C)C(C)(C)[Si](C)(C)O[C@@H]1O[C@H](COCc2ccccc2)[C@@H](O)[C@H](OCc2ccccc2)[C@H]1N=[N+]=[N-]. The normalized spacial score (nSPS) is 24.6. The second-order valence-corrected chi connectivity index (χ2v) is 15.5. The lowest BCUT2D eigenvalue weighted by Gasteiger charge is -2.49. The first-order chi connectivity index (χ1) is 17.6. The highest BCUT2D eigenvalue weighted by atomic mass is 28.4. The van der Waals surface area contributed by atoms with Crippen LogP contribution in [0.5, 0.6) is 0 Å². The van der Waals surface area contributed by atoms with Crippen molar-refractivity contribution in [2.24, 2.45) is 11.0 Å². The molecule has 37 heavy (non-hydrogen) atoms. The van der Waals surface area contributed by atoms with Crippen molar-refractivity contribution in [1.29, 1.82) is 0 Å². The minimum Gasteiger partial charge on any atom is -0.392 e. The Labute approximate surface area is 221 Å². The number of rotatable bonds is 12. The Balaban J connectivity index is 1.84. The standard InChI is InChI=1S/C28H41N3O5Si/c1-20(2)28(3,4)37(5,6)36-27-24(30-31-29)26(34-18-22-15-11-8-12-16-22)25(32)23(35-27)19-33-17-21-13-9-7-10-14-21/h7-16,20,23-27,32H,17-19H2,1-6H3/t23-,24-,25-,26-,27+/m1/s1. The zero-order valence-corrected chi connectivity index (χ0v) is 23.8. The van der Waals surface area contributed by atoms with Gasteiger partial charge in [0.2, 0.25) is 0 Å². The van der Waals surface area contributed by atoms with E-state index in [4.69, 9.17) is 18.6 Å². The Bertz CT molecular complexity index is 1010. The van der Waals surface area contributed by atoms with Gasteiger partial charge in [-0.05, 0) is 40.7 Å². The molecule has 0 bridgehead atoms. The summed E-state index contributed by atoms with van der Waals surface area (Å²) in [6, 6.07) is 18.7. The Hall–Kier alpha value is -2.23. The van der Waals surface area contributed by atoms with Gasteiger partial charge >= 0.3 is 0 Å². The third-order valence-corrected chi connectivity index (χ3v) is 12.4. The molecule has 0 unspecified atom stereocenters. The average molecular weight is 528 g/mol. The van der Waals surface area contributed by atoms with Gasteiger partial charge in [-0.1, -0.05) is 93.5 Å². The van der Waals surface area contributed by atoms with E-state index in [1.165, 1.54) is 0 Å². The van der Waals surface area contributed by atoms with Gasteiger partial charge in [0.1, 0.15) is 18.2 Å². The highest BCUT2D eigenvalue weighted by Gasteiger charge is 2.51. The van der Waals surface area contributed by atoms with Crippen LogP contribution in [-0.4, -0.2) is 50.7 Å². The summed E-state index contributed by atoms with van der Waals surface area (Å²) in [5.74, 6) is 0.372. The van der Waals surface area contributed by atoms with Crippen molar-refractivity contribution in [2.45, 2.75) is 89.7 Å². The van der Waals surface area contributed by atoms with Crippen LogP contribution in [0.15, 0.2) is 65.8 Å². The molecule has 5 atom stereocenters. The van der Waals surface area contributed by atoms with Crippen molar-refractivity contribution in [3.05, 3.63) is 82.2 Å². The molecule has 0 amide bonds. The zero-order valence-electron chi connectivity index (χ0n) is 22.8. The predicted molar refractivity (Wildman–Crippen MR) is 146 cm³/mol. The van der Waals surface area contributed by atoms with Crippen LogP contribution in [0.1, 0.15) is 38.8 Å². The number of ether oxygens (including phenoxy) is 3. The molecule has 0 aliphatic carbocycles. The molecule has 0 radical (unpaired) electrons. The first-order valence-electron chi connectivity index (χ1n) is 12.9. The zero-order chi connectivity index (χ0) is 27.1. The molecule has 0 spiro atoms. The van der Waals surface area contributed by atoms with E-state index in [9.17, 15) is 10.6 Å². The van der Waals surface area contributed by atoms with Gasteiger partial charge in [-0.15, -0.1) is 0 Å². The summed E-state index contributed by atoms with van der Waals surface area (Å²) >= 11 is 0. The van der Waals surface area contributed by atoms with Crippen LogP contribution in [0.2, 0.25) is 18.1 Å². The van der Waals surface area contributed by atoms with E-state index >= 15 is 0 Å². The van der Waals surface area contributed by atoms with Crippen LogP contribution >= 0.6 is 0 Å². The minimum atomic E-state index is -2.39. The molecule has 202 valence electrons. The molecule has 0 aromatic heterocycles. The summed E-state index contributed by atoms with van der Waals surface area (Å²) in [6.07, 6.45) is -3.48.